The first-order chi connectivity index (χ1) is 28.2. The second-order valence-corrected chi connectivity index (χ2v) is 16.7. The van der Waals surface area contributed by atoms with Gasteiger partial charge in [-0.15, -0.1) is 0 Å². The van der Waals surface area contributed by atoms with Crippen LogP contribution in [0.5, 0.6) is 0 Å². The summed E-state index contributed by atoms with van der Waals surface area (Å²) < 4.78 is 33.9. The van der Waals surface area contributed by atoms with Gasteiger partial charge in [0.05, 0.1) is 46.1 Å². The summed E-state index contributed by atoms with van der Waals surface area (Å²) in [6.07, 6.45) is 36.9. The molecule has 0 heterocycles. The van der Waals surface area contributed by atoms with Crippen LogP contribution in [0.15, 0.2) is 97.2 Å². The van der Waals surface area contributed by atoms with Crippen LogP contribution in [0.4, 0.5) is 0 Å². The zero-order valence-corrected chi connectivity index (χ0v) is 37.4. The number of phosphoric acid groups is 1. The van der Waals surface area contributed by atoms with Gasteiger partial charge in [-0.1, -0.05) is 130 Å². The molecular formula is C46H77NO11P+. The number of phosphoric ester groups is 1. The van der Waals surface area contributed by atoms with E-state index in [1.54, 1.807) is 42.5 Å². The molecule has 0 fully saturated rings. The molecule has 0 radical (unpaired) electrons. The molecule has 12 nitrogen and oxygen atoms in total. The van der Waals surface area contributed by atoms with Gasteiger partial charge in [-0.2, -0.15) is 0 Å². The molecular weight excluding hydrogens is 773 g/mol. The van der Waals surface area contributed by atoms with Crippen molar-refractivity contribution in [3.63, 3.8) is 0 Å². The Morgan fingerprint density at radius 3 is 1.88 bits per heavy atom. The summed E-state index contributed by atoms with van der Waals surface area (Å²) in [6.45, 7) is 3.71. The lowest BCUT2D eigenvalue weighted by Gasteiger charge is -2.24. The molecule has 0 spiro atoms. The van der Waals surface area contributed by atoms with E-state index >= 15 is 0 Å². The molecule has 0 saturated heterocycles. The third kappa shape index (κ3) is 38.7. The second kappa shape index (κ2) is 36.6. The van der Waals surface area contributed by atoms with Crippen molar-refractivity contribution < 1.29 is 57.4 Å². The van der Waals surface area contributed by atoms with Crippen LogP contribution < -0.4 is 0 Å². The number of carbonyl (C=O) groups is 2. The van der Waals surface area contributed by atoms with Gasteiger partial charge in [0, 0.05) is 12.8 Å². The highest BCUT2D eigenvalue weighted by atomic mass is 31.2. The van der Waals surface area contributed by atoms with Crippen molar-refractivity contribution in [1.82, 2.24) is 0 Å². The minimum absolute atomic E-state index is 0.0446. The Morgan fingerprint density at radius 2 is 1.25 bits per heavy atom. The van der Waals surface area contributed by atoms with Crippen molar-refractivity contribution in [2.45, 2.75) is 135 Å². The van der Waals surface area contributed by atoms with Crippen LogP contribution in [0.25, 0.3) is 0 Å². The lowest BCUT2D eigenvalue weighted by molar-refractivity contribution is -0.870. The fourth-order valence-corrected chi connectivity index (χ4v) is 5.72. The number of esters is 2. The summed E-state index contributed by atoms with van der Waals surface area (Å²) in [4.78, 5) is 35.4. The van der Waals surface area contributed by atoms with E-state index < -0.39 is 50.8 Å². The van der Waals surface area contributed by atoms with Crippen molar-refractivity contribution in [2.75, 3.05) is 47.5 Å². The van der Waals surface area contributed by atoms with Crippen LogP contribution in [-0.4, -0.2) is 109 Å². The molecule has 4 N–H and O–H groups in total. The maximum Gasteiger partial charge on any atom is 0.472 e. The number of aliphatic hydroxyl groups is 3. The van der Waals surface area contributed by atoms with E-state index in [4.69, 9.17) is 18.5 Å². The maximum atomic E-state index is 12.7. The Balaban J connectivity index is 4.82. The first-order valence-electron chi connectivity index (χ1n) is 21.3. The van der Waals surface area contributed by atoms with E-state index in [9.17, 15) is 34.4 Å². The van der Waals surface area contributed by atoms with Gasteiger partial charge in [0.2, 0.25) is 0 Å². The minimum Gasteiger partial charge on any atom is -0.462 e. The van der Waals surface area contributed by atoms with Gasteiger partial charge in [0.25, 0.3) is 0 Å². The summed E-state index contributed by atoms with van der Waals surface area (Å²) in [5.41, 5.74) is 0. The van der Waals surface area contributed by atoms with Crippen molar-refractivity contribution in [3.8, 4) is 0 Å². The molecule has 5 atom stereocenters. The number of hydrogen-bond acceptors (Lipinski definition) is 10. The Bertz CT molecular complexity index is 1380. The molecule has 0 saturated carbocycles. The van der Waals surface area contributed by atoms with E-state index in [-0.39, 0.29) is 38.9 Å². The van der Waals surface area contributed by atoms with Gasteiger partial charge in [-0.3, -0.25) is 18.6 Å². The molecule has 0 amide bonds. The highest BCUT2D eigenvalue weighted by molar-refractivity contribution is 7.47. The Hall–Kier alpha value is -3.19. The maximum absolute atomic E-state index is 12.7. The van der Waals surface area contributed by atoms with Gasteiger partial charge < -0.3 is 34.2 Å². The third-order valence-corrected chi connectivity index (χ3v) is 9.45. The van der Waals surface area contributed by atoms with Crippen LogP contribution in [0, 0.1) is 0 Å². The third-order valence-electron chi connectivity index (χ3n) is 8.46. The number of carbonyl (C=O) groups excluding carboxylic acids is 2. The summed E-state index contributed by atoms with van der Waals surface area (Å²) in [5.74, 6) is -1.19. The highest BCUT2D eigenvalue weighted by Crippen LogP contribution is 2.43. The molecule has 0 aliphatic carbocycles. The van der Waals surface area contributed by atoms with Crippen LogP contribution in [0.3, 0.4) is 0 Å². The van der Waals surface area contributed by atoms with E-state index in [1.807, 2.05) is 21.1 Å². The average molecular weight is 851 g/mol. The molecule has 0 aromatic carbocycles. The molecule has 0 aromatic heterocycles. The van der Waals surface area contributed by atoms with E-state index in [0.29, 0.717) is 17.4 Å². The predicted molar refractivity (Wildman–Crippen MR) is 237 cm³/mol. The molecule has 1 unspecified atom stereocenters. The largest absolute Gasteiger partial charge is 0.472 e. The van der Waals surface area contributed by atoms with E-state index in [2.05, 4.69) is 62.5 Å². The van der Waals surface area contributed by atoms with Crippen molar-refractivity contribution >= 4 is 19.8 Å². The summed E-state index contributed by atoms with van der Waals surface area (Å²) >= 11 is 0. The standard InChI is InChI=1S/C46H76NO11P/c1-6-8-10-11-12-13-14-15-16-17-18-19-20-25-29-35-45(51)55-39-42(40-57-59(53,54)56-38-37-47(3,4)5)58-46(52)36-30-34-44(50)43(49)33-28-24-22-21-23-27-32-41(48)31-26-9-7-2/h8,10,12-13,15-16,18-19,21-24,27-28,32-33,41-44,48-50H,6-7,9,11,14,17,20,25-26,29-31,34-40H2,1-5H3/p+1/b10-8-,13-12-,16-15-,19-18-,23-21-,24-22+,32-27+,33-28+/t41-,42+,43-,44-/m0/s1. The molecule has 0 rings (SSSR count). The summed E-state index contributed by atoms with van der Waals surface area (Å²) in [6, 6.07) is 0. The van der Waals surface area contributed by atoms with E-state index in [0.717, 1.165) is 64.2 Å². The lowest BCUT2D eigenvalue weighted by Crippen LogP contribution is -2.37. The fourth-order valence-electron chi connectivity index (χ4n) is 4.97. The number of ether oxygens (including phenoxy) is 2. The predicted octanol–water partition coefficient (Wildman–Crippen LogP) is 8.70. The SMILES string of the molecule is CC/C=C\C/C=C\C/C=C\C/C=C\CCCCC(=O)OC[C@H](COP(=O)(O)OCC[N+](C)(C)C)OC(=O)CCC[C@H](O)[C@@H](O)/C=C/C=C/C=C\C=C\[C@@H](O)CCCCC. The van der Waals surface area contributed by atoms with Crippen LogP contribution in [0.1, 0.15) is 110 Å². The molecule has 0 aromatic rings. The molecule has 0 bridgehead atoms. The van der Waals surface area contributed by atoms with Gasteiger partial charge in [-0.25, -0.2) is 4.57 Å². The zero-order chi connectivity index (χ0) is 44.0. The minimum atomic E-state index is -4.49. The van der Waals surface area contributed by atoms with Gasteiger partial charge in [0.15, 0.2) is 6.10 Å². The number of allylic oxidation sites excluding steroid dienone is 14. The topological polar surface area (TPSA) is 169 Å². The van der Waals surface area contributed by atoms with Gasteiger partial charge in [0.1, 0.15) is 19.8 Å². The van der Waals surface area contributed by atoms with Crippen molar-refractivity contribution in [3.05, 3.63) is 97.2 Å². The molecule has 336 valence electrons. The number of quaternary nitrogens is 1. The number of hydrogen-bond donors (Lipinski definition) is 4. The Kier molecular flexibility index (Phi) is 34.7. The zero-order valence-electron chi connectivity index (χ0n) is 36.5. The first kappa shape index (κ1) is 55.8. The molecule has 0 aliphatic rings. The van der Waals surface area contributed by atoms with Crippen molar-refractivity contribution in [1.29, 1.82) is 0 Å². The van der Waals surface area contributed by atoms with Gasteiger partial charge in [-0.05, 0) is 64.2 Å². The second-order valence-electron chi connectivity index (χ2n) is 15.2. The molecule has 59 heavy (non-hydrogen) atoms. The Morgan fingerprint density at radius 1 is 0.661 bits per heavy atom. The fraction of sp³-hybridized carbons (Fsp3) is 0.609. The van der Waals surface area contributed by atoms with Crippen LogP contribution >= 0.6 is 7.82 Å². The molecule has 13 heteroatoms. The smallest absolute Gasteiger partial charge is 0.462 e. The monoisotopic (exact) mass is 851 g/mol. The summed E-state index contributed by atoms with van der Waals surface area (Å²) in [5, 5.41) is 30.6. The van der Waals surface area contributed by atoms with E-state index in [1.165, 1.54) is 6.08 Å². The quantitative estimate of drug-likeness (QED) is 0.0119. The first-order valence-corrected chi connectivity index (χ1v) is 22.8. The molecule has 0 aliphatic heterocycles. The van der Waals surface area contributed by atoms with Crippen molar-refractivity contribution in [2.24, 2.45) is 0 Å². The summed E-state index contributed by atoms with van der Waals surface area (Å²) in [7, 11) is 1.22. The Labute approximate surface area is 355 Å². The number of rotatable bonds is 36. The number of likely N-dealkylation sites (N-methyl/N-ethyl adjacent to an activating group) is 1. The van der Waals surface area contributed by atoms with Crippen LogP contribution in [0.2, 0.25) is 0 Å². The number of nitrogens with zero attached hydrogens (tertiary/aromatic N) is 1. The van der Waals surface area contributed by atoms with Gasteiger partial charge >= 0.3 is 19.8 Å². The highest BCUT2D eigenvalue weighted by Gasteiger charge is 2.27. The average Bonchev–Trinajstić information content (AvgIpc) is 3.17. The number of aliphatic hydroxyl groups excluding tert-OH is 3. The lowest BCUT2D eigenvalue weighted by atomic mass is 10.1. The normalized spacial score (nSPS) is 16.2. The van der Waals surface area contributed by atoms with Crippen LogP contribution in [-0.2, 0) is 32.7 Å². The number of unbranched alkanes of at least 4 members (excludes halogenated alkanes) is 4.